The highest BCUT2D eigenvalue weighted by Gasteiger charge is 2.21. The number of anilines is 2. The number of nitrogens with zero attached hydrogens (tertiary/aromatic N) is 1. The minimum absolute atomic E-state index is 0.0192. The Balaban J connectivity index is 1.60. The van der Waals surface area contributed by atoms with Crippen LogP contribution in [0.4, 0.5) is 16.2 Å². The molecule has 114 valence electrons. The standard InChI is InChI=1S/C16H17N3O2S/c20-15(5-4-12-6-9-22-11-12)18-13-2-1-3-14(10-13)19-8-7-17-16(19)21/h1-3,6,9-11H,4-5,7-8H2,(H,17,21)(H,18,20). The maximum absolute atomic E-state index is 12.0. The largest absolute Gasteiger partial charge is 0.336 e. The van der Waals surface area contributed by atoms with Gasteiger partial charge in [0, 0.05) is 30.9 Å². The fourth-order valence-electron chi connectivity index (χ4n) is 2.39. The lowest BCUT2D eigenvalue weighted by Gasteiger charge is -2.15. The number of hydrogen-bond donors (Lipinski definition) is 2. The van der Waals surface area contributed by atoms with Crippen LogP contribution in [0.3, 0.4) is 0 Å². The second kappa shape index (κ2) is 6.62. The van der Waals surface area contributed by atoms with Crippen molar-refractivity contribution in [2.24, 2.45) is 0 Å². The molecule has 2 aromatic rings. The van der Waals surface area contributed by atoms with Gasteiger partial charge in [0.1, 0.15) is 0 Å². The van der Waals surface area contributed by atoms with Crippen molar-refractivity contribution in [3.63, 3.8) is 0 Å². The molecule has 0 bridgehead atoms. The summed E-state index contributed by atoms with van der Waals surface area (Å²) in [7, 11) is 0. The summed E-state index contributed by atoms with van der Waals surface area (Å²) in [5.41, 5.74) is 2.70. The van der Waals surface area contributed by atoms with Crippen LogP contribution in [-0.4, -0.2) is 25.0 Å². The molecule has 1 aromatic heterocycles. The van der Waals surface area contributed by atoms with E-state index < -0.39 is 0 Å². The quantitative estimate of drug-likeness (QED) is 0.891. The Labute approximate surface area is 132 Å². The number of aryl methyl sites for hydroxylation is 1. The zero-order valence-corrected chi connectivity index (χ0v) is 12.9. The molecule has 22 heavy (non-hydrogen) atoms. The Bertz CT molecular complexity index is 670. The highest BCUT2D eigenvalue weighted by molar-refractivity contribution is 7.07. The van der Waals surface area contributed by atoms with Gasteiger partial charge in [0.15, 0.2) is 0 Å². The van der Waals surface area contributed by atoms with E-state index in [0.29, 0.717) is 25.2 Å². The zero-order valence-electron chi connectivity index (χ0n) is 12.0. The zero-order chi connectivity index (χ0) is 15.4. The molecule has 0 saturated carbocycles. The van der Waals surface area contributed by atoms with Crippen LogP contribution in [0.25, 0.3) is 0 Å². The van der Waals surface area contributed by atoms with Crippen molar-refractivity contribution in [2.75, 3.05) is 23.3 Å². The smallest absolute Gasteiger partial charge is 0.321 e. The van der Waals surface area contributed by atoms with Gasteiger partial charge in [-0.25, -0.2) is 4.79 Å². The van der Waals surface area contributed by atoms with Gasteiger partial charge >= 0.3 is 6.03 Å². The molecular weight excluding hydrogens is 298 g/mol. The maximum Gasteiger partial charge on any atom is 0.321 e. The molecule has 0 radical (unpaired) electrons. The molecule has 0 atom stereocenters. The number of carbonyl (C=O) groups excluding carboxylic acids is 2. The Hall–Kier alpha value is -2.34. The Kier molecular flexibility index (Phi) is 4.39. The number of carbonyl (C=O) groups is 2. The van der Waals surface area contributed by atoms with Crippen molar-refractivity contribution in [1.82, 2.24) is 5.32 Å². The van der Waals surface area contributed by atoms with Gasteiger partial charge in [-0.15, -0.1) is 0 Å². The van der Waals surface area contributed by atoms with Crippen LogP contribution in [0, 0.1) is 0 Å². The van der Waals surface area contributed by atoms with Crippen LogP contribution in [-0.2, 0) is 11.2 Å². The van der Waals surface area contributed by atoms with Gasteiger partial charge in [-0.2, -0.15) is 11.3 Å². The highest BCUT2D eigenvalue weighted by Crippen LogP contribution is 2.21. The van der Waals surface area contributed by atoms with Crippen LogP contribution in [0.2, 0.25) is 0 Å². The molecule has 3 amide bonds. The molecule has 5 nitrogen and oxygen atoms in total. The predicted molar refractivity (Wildman–Crippen MR) is 88.5 cm³/mol. The van der Waals surface area contributed by atoms with Crippen molar-refractivity contribution in [1.29, 1.82) is 0 Å². The molecule has 1 aliphatic heterocycles. The first kappa shape index (κ1) is 14.6. The molecular formula is C16H17N3O2S. The first-order chi connectivity index (χ1) is 10.7. The molecule has 1 fully saturated rings. The number of nitrogens with one attached hydrogen (secondary N) is 2. The number of urea groups is 1. The highest BCUT2D eigenvalue weighted by atomic mass is 32.1. The minimum Gasteiger partial charge on any atom is -0.336 e. The van der Waals surface area contributed by atoms with Crippen LogP contribution < -0.4 is 15.5 Å². The molecule has 1 saturated heterocycles. The summed E-state index contributed by atoms with van der Waals surface area (Å²) >= 11 is 1.64. The first-order valence-corrected chi connectivity index (χ1v) is 8.13. The van der Waals surface area contributed by atoms with Crippen molar-refractivity contribution >= 4 is 34.6 Å². The summed E-state index contributed by atoms with van der Waals surface area (Å²) < 4.78 is 0. The molecule has 1 aliphatic rings. The summed E-state index contributed by atoms with van der Waals surface area (Å²) in [5.74, 6) is -0.0192. The van der Waals surface area contributed by atoms with Gasteiger partial charge < -0.3 is 10.6 Å². The fourth-order valence-corrected chi connectivity index (χ4v) is 3.09. The average molecular weight is 315 g/mol. The SMILES string of the molecule is O=C(CCc1ccsc1)Nc1cccc(N2CCNC2=O)c1. The Morgan fingerprint density at radius 2 is 2.27 bits per heavy atom. The van der Waals surface area contributed by atoms with Crippen molar-refractivity contribution in [3.05, 3.63) is 46.7 Å². The van der Waals surface area contributed by atoms with E-state index in [2.05, 4.69) is 16.0 Å². The average Bonchev–Trinajstić information content (AvgIpc) is 3.16. The summed E-state index contributed by atoms with van der Waals surface area (Å²) in [5, 5.41) is 9.72. The van der Waals surface area contributed by atoms with E-state index in [1.165, 1.54) is 5.56 Å². The third-order valence-corrected chi connectivity index (χ3v) is 4.25. The number of hydrogen-bond acceptors (Lipinski definition) is 3. The number of rotatable bonds is 5. The Morgan fingerprint density at radius 3 is 3.00 bits per heavy atom. The molecule has 6 heteroatoms. The van der Waals surface area contributed by atoms with Gasteiger partial charge in [-0.1, -0.05) is 6.07 Å². The molecule has 1 aromatic carbocycles. The summed E-state index contributed by atoms with van der Waals surface area (Å²) in [6, 6.07) is 9.31. The van der Waals surface area contributed by atoms with E-state index in [4.69, 9.17) is 0 Å². The fraction of sp³-hybridized carbons (Fsp3) is 0.250. The van der Waals surface area contributed by atoms with Crippen molar-refractivity contribution in [2.45, 2.75) is 12.8 Å². The lowest BCUT2D eigenvalue weighted by Crippen LogP contribution is -2.27. The van der Waals surface area contributed by atoms with Crippen LogP contribution in [0.15, 0.2) is 41.1 Å². The second-order valence-corrected chi connectivity index (χ2v) is 5.89. The van der Waals surface area contributed by atoms with E-state index in [0.717, 1.165) is 12.1 Å². The number of benzene rings is 1. The normalized spacial score (nSPS) is 14.0. The maximum atomic E-state index is 12.0. The molecule has 3 rings (SSSR count). The number of amides is 3. The van der Waals surface area contributed by atoms with E-state index in [1.54, 1.807) is 16.2 Å². The third-order valence-electron chi connectivity index (χ3n) is 3.52. The summed E-state index contributed by atoms with van der Waals surface area (Å²) in [4.78, 5) is 25.3. The van der Waals surface area contributed by atoms with Gasteiger partial charge in [-0.3, -0.25) is 9.69 Å². The van der Waals surface area contributed by atoms with Crippen LogP contribution >= 0.6 is 11.3 Å². The minimum atomic E-state index is -0.0964. The van der Waals surface area contributed by atoms with E-state index in [1.807, 2.05) is 35.7 Å². The third kappa shape index (κ3) is 3.46. The molecule has 0 spiro atoms. The van der Waals surface area contributed by atoms with Crippen LogP contribution in [0.5, 0.6) is 0 Å². The lowest BCUT2D eigenvalue weighted by atomic mass is 10.2. The van der Waals surface area contributed by atoms with Gasteiger partial charge in [-0.05, 0) is 47.0 Å². The van der Waals surface area contributed by atoms with Gasteiger partial charge in [0.25, 0.3) is 0 Å². The van der Waals surface area contributed by atoms with Crippen molar-refractivity contribution in [3.8, 4) is 0 Å². The van der Waals surface area contributed by atoms with Gasteiger partial charge in [0.2, 0.25) is 5.91 Å². The lowest BCUT2D eigenvalue weighted by molar-refractivity contribution is -0.116. The molecule has 0 aliphatic carbocycles. The van der Waals surface area contributed by atoms with E-state index in [-0.39, 0.29) is 11.9 Å². The number of thiophene rings is 1. The monoisotopic (exact) mass is 315 g/mol. The van der Waals surface area contributed by atoms with E-state index >= 15 is 0 Å². The van der Waals surface area contributed by atoms with Crippen molar-refractivity contribution < 1.29 is 9.59 Å². The Morgan fingerprint density at radius 1 is 1.36 bits per heavy atom. The molecule has 2 heterocycles. The predicted octanol–water partition coefficient (Wildman–Crippen LogP) is 2.85. The summed E-state index contributed by atoms with van der Waals surface area (Å²) in [6.45, 7) is 1.30. The van der Waals surface area contributed by atoms with Gasteiger partial charge in [0.05, 0.1) is 0 Å². The second-order valence-electron chi connectivity index (χ2n) is 5.11. The van der Waals surface area contributed by atoms with Crippen LogP contribution in [0.1, 0.15) is 12.0 Å². The molecule has 0 unspecified atom stereocenters. The van der Waals surface area contributed by atoms with E-state index in [9.17, 15) is 9.59 Å². The summed E-state index contributed by atoms with van der Waals surface area (Å²) in [6.07, 6.45) is 1.19. The molecule has 2 N–H and O–H groups in total. The topological polar surface area (TPSA) is 61.4 Å². The first-order valence-electron chi connectivity index (χ1n) is 7.19.